The fourth-order valence-corrected chi connectivity index (χ4v) is 0.943. The van der Waals surface area contributed by atoms with E-state index in [1.54, 1.807) is 25.1 Å². The number of hydrogen-bond donors (Lipinski definition) is 0. The van der Waals surface area contributed by atoms with Gasteiger partial charge in [0.1, 0.15) is 0 Å². The molecule has 0 fully saturated rings. The Hall–Kier alpha value is -1.69. The van der Waals surface area contributed by atoms with Gasteiger partial charge in [-0.3, -0.25) is 0 Å². The van der Waals surface area contributed by atoms with Crippen molar-refractivity contribution in [3.63, 3.8) is 0 Å². The summed E-state index contributed by atoms with van der Waals surface area (Å²) in [5, 5.41) is 8.28. The molecule has 0 saturated carbocycles. The fourth-order valence-electron chi connectivity index (χ4n) is 0.943. The maximum Gasteiger partial charge on any atom is 0.216 e. The number of halogens is 1. The normalized spacial score (nSPS) is 10.2. The third kappa shape index (κ3) is 2.38. The molecular formula is C10H9FN2. The fraction of sp³-hybridized carbons (Fsp3) is 0.200. The summed E-state index contributed by atoms with van der Waals surface area (Å²) in [5.41, 5.74) is 1.28. The van der Waals surface area contributed by atoms with Crippen LogP contribution in [-0.2, 0) is 0 Å². The summed E-state index contributed by atoms with van der Waals surface area (Å²) in [6.45, 7) is 1.66. The van der Waals surface area contributed by atoms with Crippen LogP contribution in [0, 0.1) is 24.2 Å². The third-order valence-electron chi connectivity index (χ3n) is 1.69. The van der Waals surface area contributed by atoms with Crippen molar-refractivity contribution in [1.82, 2.24) is 4.98 Å². The molecule has 1 heterocycles. The van der Waals surface area contributed by atoms with Crippen LogP contribution in [0.1, 0.15) is 17.5 Å². The van der Waals surface area contributed by atoms with Gasteiger partial charge in [-0.1, -0.05) is 12.2 Å². The van der Waals surface area contributed by atoms with Crippen LogP contribution >= 0.6 is 0 Å². The minimum atomic E-state index is -0.459. The van der Waals surface area contributed by atoms with E-state index in [-0.39, 0.29) is 0 Å². The number of hydrogen-bond acceptors (Lipinski definition) is 2. The molecule has 0 saturated heterocycles. The van der Waals surface area contributed by atoms with E-state index in [4.69, 9.17) is 5.26 Å². The smallest absolute Gasteiger partial charge is 0.216 e. The van der Waals surface area contributed by atoms with Gasteiger partial charge in [-0.25, -0.2) is 4.98 Å². The van der Waals surface area contributed by atoms with Crippen molar-refractivity contribution in [2.24, 2.45) is 0 Å². The Morgan fingerprint density at radius 1 is 1.69 bits per heavy atom. The molecule has 66 valence electrons. The van der Waals surface area contributed by atoms with Crippen LogP contribution in [0.5, 0.6) is 0 Å². The molecule has 1 rings (SSSR count). The summed E-state index contributed by atoms with van der Waals surface area (Å²) < 4.78 is 12.9. The summed E-state index contributed by atoms with van der Waals surface area (Å²) in [4.78, 5) is 3.50. The Morgan fingerprint density at radius 2 is 2.46 bits per heavy atom. The number of nitriles is 1. The van der Waals surface area contributed by atoms with E-state index in [1.165, 1.54) is 6.20 Å². The molecule has 0 aliphatic rings. The van der Waals surface area contributed by atoms with Gasteiger partial charge >= 0.3 is 0 Å². The molecule has 0 N–H and O–H groups in total. The van der Waals surface area contributed by atoms with Crippen molar-refractivity contribution in [1.29, 1.82) is 5.26 Å². The Balaban J connectivity index is 2.90. The molecule has 0 radical (unpaired) electrons. The first kappa shape index (κ1) is 9.40. The van der Waals surface area contributed by atoms with Crippen LogP contribution in [0.3, 0.4) is 0 Å². The first-order valence-corrected chi connectivity index (χ1v) is 3.90. The summed E-state index contributed by atoms with van der Waals surface area (Å²) in [6, 6.07) is 3.69. The minimum absolute atomic E-state index is 0.337. The maximum absolute atomic E-state index is 12.9. The molecule has 1 aromatic rings. The number of allylic oxidation sites excluding steroid dienone is 1. The largest absolute Gasteiger partial charge is 0.228 e. The molecular weight excluding hydrogens is 167 g/mol. The monoisotopic (exact) mass is 176 g/mol. The molecule has 13 heavy (non-hydrogen) atoms. The average Bonchev–Trinajstić information content (AvgIpc) is 2.13. The zero-order chi connectivity index (χ0) is 9.68. The van der Waals surface area contributed by atoms with Crippen molar-refractivity contribution < 1.29 is 4.39 Å². The number of rotatable bonds is 2. The molecule has 0 aliphatic carbocycles. The van der Waals surface area contributed by atoms with Gasteiger partial charge in [0.25, 0.3) is 0 Å². The first-order chi connectivity index (χ1) is 6.25. The molecule has 0 spiro atoms. The predicted octanol–water partition coefficient (Wildman–Crippen LogP) is 2.46. The Labute approximate surface area is 76.3 Å². The zero-order valence-electron chi connectivity index (χ0n) is 7.29. The molecule has 0 aliphatic heterocycles. The molecule has 0 aromatic carbocycles. The summed E-state index contributed by atoms with van der Waals surface area (Å²) in [7, 11) is 0. The van der Waals surface area contributed by atoms with Gasteiger partial charge in [0.15, 0.2) is 0 Å². The number of pyridine rings is 1. The van der Waals surface area contributed by atoms with Gasteiger partial charge in [-0.05, 0) is 18.6 Å². The highest BCUT2D eigenvalue weighted by atomic mass is 19.1. The third-order valence-corrected chi connectivity index (χ3v) is 1.69. The zero-order valence-corrected chi connectivity index (χ0v) is 7.29. The van der Waals surface area contributed by atoms with E-state index in [1.807, 2.05) is 6.07 Å². The van der Waals surface area contributed by atoms with Gasteiger partial charge < -0.3 is 0 Å². The van der Waals surface area contributed by atoms with Crippen molar-refractivity contribution in [2.75, 3.05) is 0 Å². The topological polar surface area (TPSA) is 36.7 Å². The molecule has 0 atom stereocenters. The molecule has 1 aromatic heterocycles. The van der Waals surface area contributed by atoms with E-state index in [9.17, 15) is 4.39 Å². The van der Waals surface area contributed by atoms with E-state index >= 15 is 0 Å². The molecule has 2 nitrogen and oxygen atoms in total. The van der Waals surface area contributed by atoms with Crippen molar-refractivity contribution in [3.8, 4) is 6.07 Å². The highest BCUT2D eigenvalue weighted by Gasteiger charge is 2.00. The van der Waals surface area contributed by atoms with Crippen molar-refractivity contribution in [2.45, 2.75) is 13.3 Å². The van der Waals surface area contributed by atoms with Gasteiger partial charge in [-0.15, -0.1) is 0 Å². The molecule has 0 unspecified atom stereocenters. The van der Waals surface area contributed by atoms with E-state index in [0.717, 1.165) is 5.56 Å². The quantitative estimate of drug-likeness (QED) is 0.649. The second kappa shape index (κ2) is 4.36. The van der Waals surface area contributed by atoms with Gasteiger partial charge in [0, 0.05) is 11.8 Å². The standard InChI is InChI=1S/C10H9FN2/c1-8-9(4-2-3-6-12)5-7-13-10(8)11/h2,4-5,7H,3H2,1H3. The van der Waals surface area contributed by atoms with Crippen molar-refractivity contribution >= 4 is 6.08 Å². The Morgan fingerprint density at radius 3 is 3.15 bits per heavy atom. The summed E-state index contributed by atoms with van der Waals surface area (Å²) >= 11 is 0. The lowest BCUT2D eigenvalue weighted by Crippen LogP contribution is -1.89. The minimum Gasteiger partial charge on any atom is -0.228 e. The van der Waals surface area contributed by atoms with E-state index in [0.29, 0.717) is 12.0 Å². The van der Waals surface area contributed by atoms with Crippen LogP contribution in [-0.4, -0.2) is 4.98 Å². The maximum atomic E-state index is 12.9. The molecule has 0 amide bonds. The summed E-state index contributed by atoms with van der Waals surface area (Å²) in [6.07, 6.45) is 5.17. The van der Waals surface area contributed by atoms with Crippen LogP contribution in [0.25, 0.3) is 6.08 Å². The number of nitrogens with zero attached hydrogens (tertiary/aromatic N) is 2. The van der Waals surface area contributed by atoms with Crippen LogP contribution in [0.4, 0.5) is 4.39 Å². The first-order valence-electron chi connectivity index (χ1n) is 3.90. The Bertz CT molecular complexity index is 364. The van der Waals surface area contributed by atoms with Crippen molar-refractivity contribution in [3.05, 3.63) is 35.4 Å². The lowest BCUT2D eigenvalue weighted by Gasteiger charge is -1.98. The van der Waals surface area contributed by atoms with Gasteiger partial charge in [-0.2, -0.15) is 9.65 Å². The van der Waals surface area contributed by atoms with Crippen LogP contribution < -0.4 is 0 Å². The van der Waals surface area contributed by atoms with Gasteiger partial charge in [0.05, 0.1) is 12.5 Å². The van der Waals surface area contributed by atoms with Crippen LogP contribution in [0.15, 0.2) is 18.3 Å². The molecule has 3 heteroatoms. The van der Waals surface area contributed by atoms with Crippen LogP contribution in [0.2, 0.25) is 0 Å². The average molecular weight is 176 g/mol. The highest BCUT2D eigenvalue weighted by molar-refractivity contribution is 5.52. The summed E-state index contributed by atoms with van der Waals surface area (Å²) in [5.74, 6) is -0.459. The SMILES string of the molecule is Cc1c(C=CCC#N)ccnc1F. The highest BCUT2D eigenvalue weighted by Crippen LogP contribution is 2.11. The second-order valence-electron chi connectivity index (χ2n) is 2.58. The van der Waals surface area contributed by atoms with E-state index in [2.05, 4.69) is 4.98 Å². The Kier molecular flexibility index (Phi) is 3.15. The van der Waals surface area contributed by atoms with Gasteiger partial charge in [0.2, 0.25) is 5.95 Å². The predicted molar refractivity (Wildman–Crippen MR) is 48.2 cm³/mol. The molecule has 0 bridgehead atoms. The lowest BCUT2D eigenvalue weighted by molar-refractivity contribution is 0.574. The lowest BCUT2D eigenvalue weighted by atomic mass is 10.1. The number of aromatic nitrogens is 1. The van der Waals surface area contributed by atoms with E-state index < -0.39 is 5.95 Å². The second-order valence-corrected chi connectivity index (χ2v) is 2.58.